The molecule has 5 aromatic rings. The molecule has 0 fully saturated rings. The molecule has 2 aromatic heterocycles. The molecular formula is C37H29F2N5O5S. The van der Waals surface area contributed by atoms with Crippen LogP contribution < -0.4 is 14.2 Å². The number of hydrogen-bond donors (Lipinski definition) is 0. The molecule has 0 aliphatic carbocycles. The Morgan fingerprint density at radius 2 is 1.80 bits per heavy atom. The van der Waals surface area contributed by atoms with E-state index in [1.54, 1.807) is 37.4 Å². The van der Waals surface area contributed by atoms with Gasteiger partial charge in [0.25, 0.3) is 5.88 Å². The van der Waals surface area contributed by atoms with Gasteiger partial charge in [0.05, 0.1) is 30.0 Å². The minimum atomic E-state index is -1.19. The van der Waals surface area contributed by atoms with E-state index in [9.17, 15) is 10.1 Å². The summed E-state index contributed by atoms with van der Waals surface area (Å²) >= 11 is 1.33. The standard InChI is InChI=1S/C37H29F2N5O5S/c1-3-46-37(45)25-10-14-32(42-20-25)50-26-11-13-29(27(18-26)35-41-15-16-44(35)2)48-34-28(38)21-43-36(33(34)39)49-31-17-24(19-40)9-12-30(31)47-22-23-7-5-4-6-8-23/h4-15,17-18,20-21,35H,3,16,22H2,1-2H3. The van der Waals surface area contributed by atoms with Gasteiger partial charge in [-0.05, 0) is 62.0 Å². The van der Waals surface area contributed by atoms with Crippen molar-refractivity contribution in [2.75, 3.05) is 20.2 Å². The molecule has 0 bridgehead atoms. The molecule has 1 atom stereocenters. The quantitative estimate of drug-likeness (QED) is 0.119. The highest BCUT2D eigenvalue weighted by Gasteiger charge is 2.27. The molecule has 13 heteroatoms. The minimum absolute atomic E-state index is 0.0109. The number of benzene rings is 3. The van der Waals surface area contributed by atoms with E-state index >= 15 is 8.78 Å². The molecule has 10 nitrogen and oxygen atoms in total. The van der Waals surface area contributed by atoms with Crippen LogP contribution in [-0.4, -0.2) is 47.3 Å². The highest BCUT2D eigenvalue weighted by molar-refractivity contribution is 7.99. The van der Waals surface area contributed by atoms with E-state index in [1.165, 1.54) is 36.2 Å². The Hall–Kier alpha value is -5.84. The molecule has 0 amide bonds. The van der Waals surface area contributed by atoms with Crippen LogP contribution >= 0.6 is 11.8 Å². The molecule has 252 valence electrons. The second kappa shape index (κ2) is 15.6. The second-order valence-electron chi connectivity index (χ2n) is 10.9. The molecule has 0 N–H and O–H groups in total. The van der Waals surface area contributed by atoms with Crippen molar-refractivity contribution in [3.63, 3.8) is 0 Å². The summed E-state index contributed by atoms with van der Waals surface area (Å²) < 4.78 is 53.9. The monoisotopic (exact) mass is 693 g/mol. The van der Waals surface area contributed by atoms with Crippen LogP contribution in [0.15, 0.2) is 106 Å². The molecule has 3 heterocycles. The number of ether oxygens (including phenoxy) is 4. The third-order valence-corrected chi connectivity index (χ3v) is 8.33. The second-order valence-corrected chi connectivity index (χ2v) is 12.0. The highest BCUT2D eigenvalue weighted by atomic mass is 32.2. The van der Waals surface area contributed by atoms with Gasteiger partial charge in [0.2, 0.25) is 11.6 Å². The van der Waals surface area contributed by atoms with Gasteiger partial charge in [-0.25, -0.2) is 19.2 Å². The van der Waals surface area contributed by atoms with Gasteiger partial charge in [0.15, 0.2) is 17.3 Å². The first kappa shape index (κ1) is 34.0. The van der Waals surface area contributed by atoms with Crippen LogP contribution in [0.3, 0.4) is 0 Å². The smallest absolute Gasteiger partial charge is 0.339 e. The maximum Gasteiger partial charge on any atom is 0.339 e. The summed E-state index contributed by atoms with van der Waals surface area (Å²) in [6, 6.07) is 24.3. The molecule has 6 rings (SSSR count). The minimum Gasteiger partial charge on any atom is -0.485 e. The van der Waals surface area contributed by atoms with E-state index in [0.29, 0.717) is 22.7 Å². The molecular weight excluding hydrogens is 664 g/mol. The van der Waals surface area contributed by atoms with E-state index < -0.39 is 35.4 Å². The predicted octanol–water partition coefficient (Wildman–Crippen LogP) is 8.13. The fourth-order valence-corrected chi connectivity index (χ4v) is 5.72. The lowest BCUT2D eigenvalue weighted by Crippen LogP contribution is -2.19. The van der Waals surface area contributed by atoms with Gasteiger partial charge >= 0.3 is 5.97 Å². The number of pyridine rings is 2. The summed E-state index contributed by atoms with van der Waals surface area (Å²) in [4.78, 5) is 27.5. The van der Waals surface area contributed by atoms with Crippen molar-refractivity contribution in [1.82, 2.24) is 14.9 Å². The Bertz CT molecular complexity index is 2080. The zero-order chi connectivity index (χ0) is 35.0. The normalized spacial score (nSPS) is 13.9. The SMILES string of the molecule is CCOC(=O)c1ccc(Sc2ccc(Oc3c(F)cnc(Oc4cc(C#N)ccc4OCc4ccccc4)c3F)c(C3N=CCN3C)c2)nc1. The van der Waals surface area contributed by atoms with Crippen molar-refractivity contribution in [3.8, 4) is 34.9 Å². The highest BCUT2D eigenvalue weighted by Crippen LogP contribution is 2.42. The number of aliphatic imine (C=N–C) groups is 1. The fourth-order valence-electron chi connectivity index (χ4n) is 4.91. The van der Waals surface area contributed by atoms with Crippen LogP contribution in [0.4, 0.5) is 8.78 Å². The average molecular weight is 694 g/mol. The first-order valence-electron chi connectivity index (χ1n) is 15.4. The van der Waals surface area contributed by atoms with Gasteiger partial charge in [-0.15, -0.1) is 0 Å². The number of carbonyl (C=O) groups is 1. The van der Waals surface area contributed by atoms with E-state index in [-0.39, 0.29) is 36.0 Å². The summed E-state index contributed by atoms with van der Waals surface area (Å²) in [6.07, 6.45) is 3.49. The van der Waals surface area contributed by atoms with Crippen LogP contribution in [0.1, 0.15) is 40.1 Å². The number of carbonyl (C=O) groups excluding carboxylic acids is 1. The van der Waals surface area contributed by atoms with Gasteiger partial charge in [-0.3, -0.25) is 9.89 Å². The van der Waals surface area contributed by atoms with Crippen molar-refractivity contribution in [1.29, 1.82) is 5.26 Å². The third-order valence-electron chi connectivity index (χ3n) is 7.39. The van der Waals surface area contributed by atoms with Crippen LogP contribution in [0.2, 0.25) is 0 Å². The Kier molecular flexibility index (Phi) is 10.6. The van der Waals surface area contributed by atoms with Gasteiger partial charge < -0.3 is 18.9 Å². The van der Waals surface area contributed by atoms with E-state index in [0.717, 1.165) is 16.7 Å². The molecule has 0 spiro atoms. The lowest BCUT2D eigenvalue weighted by Gasteiger charge is -2.22. The molecule has 3 aromatic carbocycles. The maximum absolute atomic E-state index is 16.0. The van der Waals surface area contributed by atoms with Gasteiger partial charge in [0.1, 0.15) is 23.5 Å². The maximum atomic E-state index is 16.0. The first-order valence-corrected chi connectivity index (χ1v) is 16.2. The molecule has 0 saturated carbocycles. The number of hydrogen-bond acceptors (Lipinski definition) is 11. The van der Waals surface area contributed by atoms with Crippen molar-refractivity contribution in [3.05, 3.63) is 125 Å². The van der Waals surface area contributed by atoms with E-state index in [2.05, 4.69) is 15.0 Å². The Morgan fingerprint density at radius 3 is 2.52 bits per heavy atom. The Morgan fingerprint density at radius 1 is 0.980 bits per heavy atom. The van der Waals surface area contributed by atoms with Crippen LogP contribution in [0.5, 0.6) is 28.9 Å². The summed E-state index contributed by atoms with van der Waals surface area (Å²) in [5.74, 6) is -3.63. The molecule has 1 unspecified atom stereocenters. The van der Waals surface area contributed by atoms with Gasteiger partial charge in [0, 0.05) is 35.5 Å². The number of esters is 1. The van der Waals surface area contributed by atoms with Crippen LogP contribution in [0, 0.1) is 23.0 Å². The number of halogens is 2. The molecule has 0 radical (unpaired) electrons. The molecule has 1 aliphatic rings. The summed E-state index contributed by atoms with van der Waals surface area (Å²) in [5.41, 5.74) is 2.00. The first-order chi connectivity index (χ1) is 24.3. The lowest BCUT2D eigenvalue weighted by atomic mass is 10.1. The van der Waals surface area contributed by atoms with Gasteiger partial charge in [-0.2, -0.15) is 9.65 Å². The Labute approximate surface area is 290 Å². The van der Waals surface area contributed by atoms with Crippen LogP contribution in [-0.2, 0) is 11.3 Å². The van der Waals surface area contributed by atoms with E-state index in [4.69, 9.17) is 18.9 Å². The topological polar surface area (TPSA) is 119 Å². The third kappa shape index (κ3) is 7.89. The van der Waals surface area contributed by atoms with Crippen molar-refractivity contribution < 1.29 is 32.5 Å². The summed E-state index contributed by atoms with van der Waals surface area (Å²) in [6.45, 7) is 2.73. The zero-order valence-corrected chi connectivity index (χ0v) is 27.7. The number of rotatable bonds is 12. The van der Waals surface area contributed by atoms with Crippen molar-refractivity contribution in [2.24, 2.45) is 4.99 Å². The fraction of sp³-hybridized carbons (Fsp3) is 0.162. The number of nitrogens with zero attached hydrogens (tertiary/aromatic N) is 5. The summed E-state index contributed by atoms with van der Waals surface area (Å²) in [5, 5.41) is 10.1. The predicted molar refractivity (Wildman–Crippen MR) is 181 cm³/mol. The average Bonchev–Trinajstić information content (AvgIpc) is 3.57. The lowest BCUT2D eigenvalue weighted by molar-refractivity contribution is 0.0525. The zero-order valence-electron chi connectivity index (χ0n) is 26.9. The largest absolute Gasteiger partial charge is 0.485 e. The van der Waals surface area contributed by atoms with E-state index in [1.807, 2.05) is 54.4 Å². The Balaban J connectivity index is 1.28. The summed E-state index contributed by atoms with van der Waals surface area (Å²) in [7, 11) is 1.86. The van der Waals surface area contributed by atoms with Gasteiger partial charge in [-0.1, -0.05) is 42.1 Å². The molecule has 50 heavy (non-hydrogen) atoms. The van der Waals surface area contributed by atoms with Crippen molar-refractivity contribution >= 4 is 23.9 Å². The van der Waals surface area contributed by atoms with Crippen molar-refractivity contribution in [2.45, 2.75) is 29.6 Å². The number of nitriles is 1. The van der Waals surface area contributed by atoms with Crippen LogP contribution in [0.25, 0.3) is 0 Å². The molecule has 0 saturated heterocycles. The molecule has 1 aliphatic heterocycles. The number of aromatic nitrogens is 2.